The summed E-state index contributed by atoms with van der Waals surface area (Å²) in [7, 11) is -3.63. The van der Waals surface area contributed by atoms with Crippen LogP contribution >= 0.6 is 0 Å². The van der Waals surface area contributed by atoms with Crippen molar-refractivity contribution in [3.05, 3.63) is 29.8 Å². The standard InChI is InChI=1S/C15H21F2N3O3S/c1-3-10(2)19-24(22,23)20-7-6-11(9-20)15(21)18-12-4-5-13(16)14(17)8-12/h4-5,8,10-11,19H,3,6-7,9H2,1-2H3,(H,18,21). The summed E-state index contributed by atoms with van der Waals surface area (Å²) in [6.45, 7) is 3.93. The molecule has 1 aliphatic heterocycles. The van der Waals surface area contributed by atoms with E-state index in [1.165, 1.54) is 10.4 Å². The van der Waals surface area contributed by atoms with Gasteiger partial charge in [0.05, 0.1) is 5.92 Å². The van der Waals surface area contributed by atoms with Crippen LogP contribution in [-0.2, 0) is 15.0 Å². The van der Waals surface area contributed by atoms with Gasteiger partial charge in [-0.15, -0.1) is 0 Å². The first-order valence-corrected chi connectivity index (χ1v) is 9.20. The van der Waals surface area contributed by atoms with Crippen molar-refractivity contribution >= 4 is 21.8 Å². The van der Waals surface area contributed by atoms with Gasteiger partial charge in [-0.2, -0.15) is 17.4 Å². The fourth-order valence-electron chi connectivity index (χ4n) is 2.39. The molecular weight excluding hydrogens is 340 g/mol. The van der Waals surface area contributed by atoms with E-state index in [0.29, 0.717) is 12.8 Å². The molecule has 0 saturated carbocycles. The lowest BCUT2D eigenvalue weighted by molar-refractivity contribution is -0.119. The molecule has 0 aromatic heterocycles. The second kappa shape index (κ2) is 7.54. The highest BCUT2D eigenvalue weighted by Crippen LogP contribution is 2.21. The summed E-state index contributed by atoms with van der Waals surface area (Å²) in [6, 6.07) is 2.88. The monoisotopic (exact) mass is 361 g/mol. The quantitative estimate of drug-likeness (QED) is 0.812. The Hall–Kier alpha value is -1.58. The number of rotatable bonds is 6. The molecule has 1 amide bonds. The van der Waals surface area contributed by atoms with Gasteiger partial charge >= 0.3 is 0 Å². The maximum Gasteiger partial charge on any atom is 0.279 e. The van der Waals surface area contributed by atoms with Crippen LogP contribution in [0.3, 0.4) is 0 Å². The number of carbonyl (C=O) groups is 1. The highest BCUT2D eigenvalue weighted by Gasteiger charge is 2.35. The predicted molar refractivity (Wildman–Crippen MR) is 86.5 cm³/mol. The van der Waals surface area contributed by atoms with Crippen LogP contribution in [0.5, 0.6) is 0 Å². The maximum absolute atomic E-state index is 13.2. The first-order valence-electron chi connectivity index (χ1n) is 7.76. The van der Waals surface area contributed by atoms with Gasteiger partial charge in [-0.25, -0.2) is 8.78 Å². The average Bonchev–Trinajstić information content (AvgIpc) is 3.01. The van der Waals surface area contributed by atoms with Gasteiger partial charge in [-0.05, 0) is 31.9 Å². The van der Waals surface area contributed by atoms with E-state index >= 15 is 0 Å². The normalized spacial score (nSPS) is 20.1. The van der Waals surface area contributed by atoms with E-state index in [-0.39, 0.29) is 24.8 Å². The van der Waals surface area contributed by atoms with Gasteiger partial charge in [0.25, 0.3) is 10.2 Å². The van der Waals surface area contributed by atoms with Crippen LogP contribution in [-0.4, -0.2) is 37.8 Å². The summed E-state index contributed by atoms with van der Waals surface area (Å²) >= 11 is 0. The smallest absolute Gasteiger partial charge is 0.279 e. The minimum absolute atomic E-state index is 0.0568. The fraction of sp³-hybridized carbons (Fsp3) is 0.533. The third kappa shape index (κ3) is 4.49. The van der Waals surface area contributed by atoms with Crippen molar-refractivity contribution in [1.29, 1.82) is 0 Å². The molecule has 2 N–H and O–H groups in total. The summed E-state index contributed by atoms with van der Waals surface area (Å²) in [4.78, 5) is 12.2. The van der Waals surface area contributed by atoms with Crippen molar-refractivity contribution in [1.82, 2.24) is 9.03 Å². The van der Waals surface area contributed by atoms with Gasteiger partial charge in [0.1, 0.15) is 0 Å². The van der Waals surface area contributed by atoms with Crippen molar-refractivity contribution in [2.24, 2.45) is 5.92 Å². The second-order valence-electron chi connectivity index (χ2n) is 5.89. The van der Waals surface area contributed by atoms with Crippen LogP contribution in [0.1, 0.15) is 26.7 Å². The number of benzene rings is 1. The molecule has 9 heteroatoms. The SMILES string of the molecule is CCC(C)NS(=O)(=O)N1CCC(C(=O)Nc2ccc(F)c(F)c2)C1. The summed E-state index contributed by atoms with van der Waals surface area (Å²) in [5.74, 6) is -3.00. The number of nitrogens with zero attached hydrogens (tertiary/aromatic N) is 1. The van der Waals surface area contributed by atoms with Crippen LogP contribution < -0.4 is 10.0 Å². The van der Waals surface area contributed by atoms with Crippen LogP contribution in [0.15, 0.2) is 18.2 Å². The van der Waals surface area contributed by atoms with E-state index in [9.17, 15) is 22.0 Å². The highest BCUT2D eigenvalue weighted by atomic mass is 32.2. The van der Waals surface area contributed by atoms with E-state index in [0.717, 1.165) is 12.1 Å². The Balaban J connectivity index is 1.97. The molecule has 1 heterocycles. The Morgan fingerprint density at radius 2 is 2.08 bits per heavy atom. The van der Waals surface area contributed by atoms with E-state index < -0.39 is 33.7 Å². The molecule has 6 nitrogen and oxygen atoms in total. The Labute approximate surface area is 140 Å². The van der Waals surface area contributed by atoms with Crippen molar-refractivity contribution < 1.29 is 22.0 Å². The zero-order valence-corrected chi connectivity index (χ0v) is 14.4. The van der Waals surface area contributed by atoms with Crippen LogP contribution in [0, 0.1) is 17.6 Å². The van der Waals surface area contributed by atoms with Gasteiger partial charge in [-0.1, -0.05) is 6.92 Å². The number of nitrogens with one attached hydrogen (secondary N) is 2. The zero-order valence-electron chi connectivity index (χ0n) is 13.6. The molecule has 1 saturated heterocycles. The zero-order chi connectivity index (χ0) is 17.9. The van der Waals surface area contributed by atoms with Gasteiger partial charge in [0, 0.05) is 30.9 Å². The summed E-state index contributed by atoms with van der Waals surface area (Å²) < 4.78 is 54.2. The third-order valence-electron chi connectivity index (χ3n) is 4.01. The Kier molecular flexibility index (Phi) is 5.89. The van der Waals surface area contributed by atoms with E-state index in [2.05, 4.69) is 10.0 Å². The molecule has 2 unspecified atom stereocenters. The number of halogens is 2. The molecule has 1 aliphatic rings. The molecule has 0 spiro atoms. The Morgan fingerprint density at radius 1 is 1.38 bits per heavy atom. The van der Waals surface area contributed by atoms with Gasteiger partial charge in [0.15, 0.2) is 11.6 Å². The first kappa shape index (κ1) is 18.8. The Morgan fingerprint density at radius 3 is 2.71 bits per heavy atom. The average molecular weight is 361 g/mol. The number of anilines is 1. The topological polar surface area (TPSA) is 78.5 Å². The molecule has 2 rings (SSSR count). The summed E-state index contributed by atoms with van der Waals surface area (Å²) in [5.41, 5.74) is 0.137. The number of amides is 1. The minimum Gasteiger partial charge on any atom is -0.326 e. The fourth-order valence-corrected chi connectivity index (χ4v) is 3.94. The van der Waals surface area contributed by atoms with Gasteiger partial charge in [0.2, 0.25) is 5.91 Å². The molecule has 0 aliphatic carbocycles. The first-order chi connectivity index (χ1) is 11.2. The van der Waals surface area contributed by atoms with Gasteiger partial charge in [-0.3, -0.25) is 4.79 Å². The van der Waals surface area contributed by atoms with E-state index in [1.807, 2.05) is 6.92 Å². The third-order valence-corrected chi connectivity index (χ3v) is 5.72. The van der Waals surface area contributed by atoms with E-state index in [1.54, 1.807) is 6.92 Å². The lowest BCUT2D eigenvalue weighted by atomic mass is 10.1. The van der Waals surface area contributed by atoms with Crippen molar-refractivity contribution in [2.45, 2.75) is 32.7 Å². The summed E-state index contributed by atoms with van der Waals surface area (Å²) in [6.07, 6.45) is 1.03. The lowest BCUT2D eigenvalue weighted by Gasteiger charge is -2.20. The van der Waals surface area contributed by atoms with Crippen molar-refractivity contribution in [2.75, 3.05) is 18.4 Å². The molecule has 134 valence electrons. The van der Waals surface area contributed by atoms with Crippen molar-refractivity contribution in [3.63, 3.8) is 0 Å². The van der Waals surface area contributed by atoms with Crippen LogP contribution in [0.2, 0.25) is 0 Å². The predicted octanol–water partition coefficient (Wildman–Crippen LogP) is 1.86. The number of hydrogen-bond donors (Lipinski definition) is 2. The molecule has 24 heavy (non-hydrogen) atoms. The molecule has 0 radical (unpaired) electrons. The molecule has 1 aromatic rings. The van der Waals surface area contributed by atoms with E-state index in [4.69, 9.17) is 0 Å². The largest absolute Gasteiger partial charge is 0.326 e. The minimum atomic E-state index is -3.63. The molecule has 2 atom stereocenters. The number of hydrogen-bond acceptors (Lipinski definition) is 3. The number of carbonyl (C=O) groups excluding carboxylic acids is 1. The molecule has 0 bridgehead atoms. The van der Waals surface area contributed by atoms with Crippen LogP contribution in [0.25, 0.3) is 0 Å². The van der Waals surface area contributed by atoms with Crippen molar-refractivity contribution in [3.8, 4) is 0 Å². The summed E-state index contributed by atoms with van der Waals surface area (Å²) in [5, 5.41) is 2.49. The molecular formula is C15H21F2N3O3S. The highest BCUT2D eigenvalue weighted by molar-refractivity contribution is 7.87. The molecule has 1 aromatic carbocycles. The lowest BCUT2D eigenvalue weighted by Crippen LogP contribution is -2.43. The second-order valence-corrected chi connectivity index (χ2v) is 7.60. The van der Waals surface area contributed by atoms with Crippen LogP contribution in [0.4, 0.5) is 14.5 Å². The Bertz CT molecular complexity index is 712. The molecule has 1 fully saturated rings. The van der Waals surface area contributed by atoms with Gasteiger partial charge < -0.3 is 5.32 Å². The maximum atomic E-state index is 13.2.